The SMILES string of the molecule is CC(CON1C(=O)c2ccccc2C1=O)Nc1cnn(COCC[Si](C)(C)C)c(=O)c1Br. The largest absolute Gasteiger partial charge is 0.378 e. The number of anilines is 1. The van der Waals surface area contributed by atoms with Gasteiger partial charge in [0.15, 0.2) is 0 Å². The zero-order chi connectivity index (χ0) is 23.5. The highest BCUT2D eigenvalue weighted by atomic mass is 79.9. The van der Waals surface area contributed by atoms with Gasteiger partial charge in [-0.1, -0.05) is 31.8 Å². The molecule has 0 radical (unpaired) electrons. The number of imide groups is 1. The number of hydroxylamine groups is 2. The lowest BCUT2D eigenvalue weighted by molar-refractivity contribution is -0.0929. The fraction of sp³-hybridized carbons (Fsp3) is 0.429. The molecule has 0 aliphatic carbocycles. The molecule has 0 bridgehead atoms. The fourth-order valence-corrected chi connectivity index (χ4v) is 4.14. The summed E-state index contributed by atoms with van der Waals surface area (Å²) in [5.74, 6) is -0.977. The van der Waals surface area contributed by atoms with Crippen LogP contribution in [0.1, 0.15) is 27.6 Å². The standard InChI is InChI=1S/C21H27BrN4O5Si/c1-14(12-31-26-19(27)15-7-5-6-8-16(15)20(26)28)24-17-11-23-25(21(29)18(17)22)13-30-9-10-32(2,3)4/h5-8,11,14,24H,9-10,12-13H2,1-4H3. The summed E-state index contributed by atoms with van der Waals surface area (Å²) in [6.07, 6.45) is 1.52. The molecule has 1 aliphatic rings. The highest BCUT2D eigenvalue weighted by molar-refractivity contribution is 9.10. The van der Waals surface area contributed by atoms with E-state index in [0.29, 0.717) is 27.9 Å². The van der Waals surface area contributed by atoms with Crippen molar-refractivity contribution in [3.8, 4) is 0 Å². The number of amides is 2. The maximum Gasteiger partial charge on any atom is 0.285 e. The number of carbonyl (C=O) groups is 2. The quantitative estimate of drug-likeness (QED) is 0.290. The van der Waals surface area contributed by atoms with Gasteiger partial charge in [-0.2, -0.15) is 5.10 Å². The predicted octanol–water partition coefficient (Wildman–Crippen LogP) is 3.35. The summed E-state index contributed by atoms with van der Waals surface area (Å²) in [5.41, 5.74) is 0.796. The molecule has 0 fully saturated rings. The molecule has 0 saturated carbocycles. The van der Waals surface area contributed by atoms with Crippen molar-refractivity contribution in [2.45, 2.75) is 45.4 Å². The highest BCUT2D eigenvalue weighted by Crippen LogP contribution is 2.23. The summed E-state index contributed by atoms with van der Waals surface area (Å²) in [4.78, 5) is 42.8. The van der Waals surface area contributed by atoms with E-state index in [1.165, 1.54) is 10.9 Å². The minimum absolute atomic E-state index is 0.0286. The third kappa shape index (κ3) is 5.71. The van der Waals surface area contributed by atoms with E-state index in [9.17, 15) is 14.4 Å². The Bertz CT molecular complexity index is 1030. The molecule has 1 aliphatic heterocycles. The van der Waals surface area contributed by atoms with E-state index in [1.54, 1.807) is 31.2 Å². The van der Waals surface area contributed by atoms with Crippen molar-refractivity contribution < 1.29 is 19.2 Å². The first kappa shape index (κ1) is 24.3. The Morgan fingerprint density at radius 1 is 1.12 bits per heavy atom. The average Bonchev–Trinajstić information content (AvgIpc) is 2.98. The van der Waals surface area contributed by atoms with Crippen LogP contribution in [0.3, 0.4) is 0 Å². The second-order valence-corrected chi connectivity index (χ2v) is 15.2. The molecule has 32 heavy (non-hydrogen) atoms. The van der Waals surface area contributed by atoms with Crippen molar-refractivity contribution in [1.82, 2.24) is 14.8 Å². The van der Waals surface area contributed by atoms with Crippen molar-refractivity contribution >= 4 is 41.5 Å². The summed E-state index contributed by atoms with van der Waals surface area (Å²) in [7, 11) is -1.20. The van der Waals surface area contributed by atoms with E-state index < -0.39 is 19.9 Å². The van der Waals surface area contributed by atoms with Crippen molar-refractivity contribution in [3.63, 3.8) is 0 Å². The Morgan fingerprint density at radius 3 is 2.34 bits per heavy atom. The molecular weight excluding hydrogens is 496 g/mol. The summed E-state index contributed by atoms with van der Waals surface area (Å²) in [6.45, 7) is 9.29. The van der Waals surface area contributed by atoms with Crippen LogP contribution in [0.15, 0.2) is 39.7 Å². The molecule has 2 amide bonds. The molecule has 2 heterocycles. The van der Waals surface area contributed by atoms with Gasteiger partial charge in [-0.15, -0.1) is 5.06 Å². The average molecular weight is 523 g/mol. The number of halogens is 1. The van der Waals surface area contributed by atoms with Crippen molar-refractivity contribution in [1.29, 1.82) is 0 Å². The number of nitrogens with one attached hydrogen (secondary N) is 1. The molecule has 3 rings (SSSR count). The Labute approximate surface area is 195 Å². The molecule has 1 aromatic heterocycles. The molecule has 1 aromatic carbocycles. The van der Waals surface area contributed by atoms with E-state index >= 15 is 0 Å². The number of benzene rings is 1. The fourth-order valence-electron chi connectivity index (χ4n) is 2.96. The summed E-state index contributed by atoms with van der Waals surface area (Å²) in [5, 5.41) is 8.03. The van der Waals surface area contributed by atoms with Gasteiger partial charge in [0.1, 0.15) is 11.2 Å². The number of hydrogen-bond donors (Lipinski definition) is 1. The van der Waals surface area contributed by atoms with Crippen LogP contribution in [0, 0.1) is 0 Å². The Morgan fingerprint density at radius 2 is 1.75 bits per heavy atom. The molecule has 1 N–H and O–H groups in total. The lowest BCUT2D eigenvalue weighted by atomic mass is 10.1. The number of carbonyl (C=O) groups excluding carboxylic acids is 2. The normalized spacial score (nSPS) is 14.6. The van der Waals surface area contributed by atoms with Crippen molar-refractivity contribution in [2.75, 3.05) is 18.5 Å². The minimum Gasteiger partial charge on any atom is -0.378 e. The van der Waals surface area contributed by atoms with E-state index in [2.05, 4.69) is 46.0 Å². The van der Waals surface area contributed by atoms with Crippen LogP contribution in [-0.2, 0) is 16.3 Å². The number of nitrogens with zero attached hydrogens (tertiary/aromatic N) is 3. The van der Waals surface area contributed by atoms with Crippen LogP contribution in [0.25, 0.3) is 0 Å². The van der Waals surface area contributed by atoms with Gasteiger partial charge < -0.3 is 10.1 Å². The predicted molar refractivity (Wildman–Crippen MR) is 126 cm³/mol. The molecule has 1 atom stereocenters. The van der Waals surface area contributed by atoms with E-state index in [-0.39, 0.29) is 24.9 Å². The number of rotatable bonds is 10. The van der Waals surface area contributed by atoms with E-state index in [1.807, 2.05) is 0 Å². The molecule has 11 heteroatoms. The monoisotopic (exact) mass is 522 g/mol. The van der Waals surface area contributed by atoms with Gasteiger partial charge in [-0.3, -0.25) is 19.2 Å². The van der Waals surface area contributed by atoms with Gasteiger partial charge in [0.25, 0.3) is 17.4 Å². The van der Waals surface area contributed by atoms with Crippen molar-refractivity contribution in [3.05, 3.63) is 56.4 Å². The van der Waals surface area contributed by atoms with Crippen LogP contribution < -0.4 is 10.9 Å². The molecule has 1 unspecified atom stereocenters. The summed E-state index contributed by atoms with van der Waals surface area (Å²) < 4.78 is 7.16. The van der Waals surface area contributed by atoms with E-state index in [4.69, 9.17) is 9.57 Å². The van der Waals surface area contributed by atoms with Crippen LogP contribution in [0.2, 0.25) is 25.7 Å². The maximum atomic E-state index is 12.6. The lowest BCUT2D eigenvalue weighted by Gasteiger charge is -2.20. The number of fused-ring (bicyclic) bond motifs is 1. The zero-order valence-corrected chi connectivity index (χ0v) is 21.1. The first-order chi connectivity index (χ1) is 15.1. The summed E-state index contributed by atoms with van der Waals surface area (Å²) >= 11 is 3.31. The first-order valence-corrected chi connectivity index (χ1v) is 14.8. The van der Waals surface area contributed by atoms with Gasteiger partial charge in [-0.25, -0.2) is 4.68 Å². The van der Waals surface area contributed by atoms with E-state index in [0.717, 1.165) is 11.1 Å². The first-order valence-electron chi connectivity index (χ1n) is 10.3. The Hall–Kier alpha value is -2.34. The van der Waals surface area contributed by atoms with Gasteiger partial charge in [0, 0.05) is 20.7 Å². The summed E-state index contributed by atoms with van der Waals surface area (Å²) in [6, 6.07) is 7.26. The molecule has 2 aromatic rings. The van der Waals surface area contributed by atoms with Gasteiger partial charge >= 0.3 is 0 Å². The molecule has 0 spiro atoms. The lowest BCUT2D eigenvalue weighted by Crippen LogP contribution is -2.35. The Balaban J connectivity index is 1.55. The van der Waals surface area contributed by atoms with Crippen LogP contribution >= 0.6 is 15.9 Å². The number of hydrogen-bond acceptors (Lipinski definition) is 7. The van der Waals surface area contributed by atoms with Gasteiger partial charge in [0.05, 0.1) is 29.6 Å². The number of aromatic nitrogens is 2. The molecular formula is C21H27BrN4O5Si. The van der Waals surface area contributed by atoms with Crippen molar-refractivity contribution in [2.24, 2.45) is 0 Å². The van der Waals surface area contributed by atoms with Crippen LogP contribution in [0.5, 0.6) is 0 Å². The zero-order valence-electron chi connectivity index (χ0n) is 18.6. The highest BCUT2D eigenvalue weighted by Gasteiger charge is 2.36. The van der Waals surface area contributed by atoms with Crippen LogP contribution in [-0.4, -0.2) is 54.0 Å². The topological polar surface area (TPSA) is 103 Å². The minimum atomic E-state index is -1.20. The third-order valence-corrected chi connectivity index (χ3v) is 7.28. The van der Waals surface area contributed by atoms with Gasteiger partial charge in [0.2, 0.25) is 0 Å². The second-order valence-electron chi connectivity index (χ2n) is 8.82. The Kier molecular flexibility index (Phi) is 7.65. The van der Waals surface area contributed by atoms with Gasteiger partial charge in [-0.05, 0) is 41.0 Å². The maximum absolute atomic E-state index is 12.6. The molecule has 0 saturated heterocycles. The van der Waals surface area contributed by atoms with Crippen LogP contribution in [0.4, 0.5) is 5.69 Å². The second kappa shape index (κ2) is 10.1. The molecule has 172 valence electrons. The number of ether oxygens (including phenoxy) is 1. The smallest absolute Gasteiger partial charge is 0.285 e. The molecule has 9 nitrogen and oxygen atoms in total. The third-order valence-electron chi connectivity index (χ3n) is 4.81.